The molecule has 0 aliphatic carbocycles. The van der Waals surface area contributed by atoms with Gasteiger partial charge in [0, 0.05) is 25.3 Å². The fraction of sp³-hybridized carbons (Fsp3) is 0.571. The van der Waals surface area contributed by atoms with Gasteiger partial charge in [0.05, 0.1) is 0 Å². The Morgan fingerprint density at radius 2 is 1.59 bits per heavy atom. The van der Waals surface area contributed by atoms with Gasteiger partial charge < -0.3 is 14.2 Å². The molecule has 1 unspecified atom stereocenters. The predicted molar refractivity (Wildman–Crippen MR) is 111 cm³/mol. The highest BCUT2D eigenvalue weighted by Gasteiger charge is 2.34. The third-order valence-electron chi connectivity index (χ3n) is 4.64. The number of rotatable bonds is 6. The molecule has 0 saturated heterocycles. The Bertz CT molecular complexity index is 758. The second-order valence-corrected chi connectivity index (χ2v) is 11.4. The summed E-state index contributed by atoms with van der Waals surface area (Å²) < 4.78 is 22.2. The number of carbonyl (C=O) groups is 1. The molecule has 1 rings (SSSR count). The van der Waals surface area contributed by atoms with E-state index in [1.165, 1.54) is 27.2 Å². The first-order valence-electron chi connectivity index (χ1n) is 8.98. The Morgan fingerprint density at radius 1 is 1.07 bits per heavy atom. The molecule has 0 heterocycles. The molecule has 1 atom stereocenters. The number of benzene rings is 1. The summed E-state index contributed by atoms with van der Waals surface area (Å²) in [6, 6.07) is 3.90. The van der Waals surface area contributed by atoms with Gasteiger partial charge in [0.25, 0.3) is 0 Å². The molecular formula is C21H33O5P. The molecule has 0 aliphatic rings. The second kappa shape index (κ2) is 8.30. The fourth-order valence-electron chi connectivity index (χ4n) is 2.65. The van der Waals surface area contributed by atoms with Crippen molar-refractivity contribution in [2.75, 3.05) is 14.2 Å². The van der Waals surface area contributed by atoms with E-state index in [1.54, 1.807) is 6.08 Å². The first kappa shape index (κ1) is 23.6. The van der Waals surface area contributed by atoms with Gasteiger partial charge in [0.2, 0.25) is 0 Å². The van der Waals surface area contributed by atoms with Gasteiger partial charge in [-0.15, -0.1) is 0 Å². The van der Waals surface area contributed by atoms with Crippen molar-refractivity contribution in [1.82, 2.24) is 0 Å². The lowest BCUT2D eigenvalue weighted by molar-refractivity contribution is -0.114. The Hall–Kier alpha value is -1.42. The first-order chi connectivity index (χ1) is 12.2. The monoisotopic (exact) mass is 396 g/mol. The third kappa shape index (κ3) is 5.54. The highest BCUT2D eigenvalue weighted by atomic mass is 31.2. The van der Waals surface area contributed by atoms with Gasteiger partial charge in [0.15, 0.2) is 5.78 Å². The standard InChI is InChI=1S/C21H33O5P/c1-14(27(24,25-8)26-9)18(22)11-10-15-12-16(20(2,3)4)13-17(19(15)23)21(5,6)7/h10-14,23H,1-9H3/b11-10+. The van der Waals surface area contributed by atoms with Crippen LogP contribution in [0, 0.1) is 0 Å². The molecule has 0 saturated carbocycles. The maximum Gasteiger partial charge on any atom is 0.340 e. The van der Waals surface area contributed by atoms with Crippen LogP contribution < -0.4 is 0 Å². The Labute approximate surface area is 163 Å². The fourth-order valence-corrected chi connectivity index (χ4v) is 3.83. The van der Waals surface area contributed by atoms with Gasteiger partial charge in [0.1, 0.15) is 11.4 Å². The van der Waals surface area contributed by atoms with Crippen LogP contribution in [0.3, 0.4) is 0 Å². The van der Waals surface area contributed by atoms with Crippen LogP contribution in [0.2, 0.25) is 0 Å². The quantitative estimate of drug-likeness (QED) is 0.512. The summed E-state index contributed by atoms with van der Waals surface area (Å²) >= 11 is 0. The maximum atomic E-state index is 12.5. The zero-order valence-electron chi connectivity index (χ0n) is 17.9. The first-order valence-corrected chi connectivity index (χ1v) is 10.6. The zero-order valence-corrected chi connectivity index (χ0v) is 18.8. The summed E-state index contributed by atoms with van der Waals surface area (Å²) in [6.07, 6.45) is 2.89. The lowest BCUT2D eigenvalue weighted by Gasteiger charge is -2.27. The molecule has 5 nitrogen and oxygen atoms in total. The smallest absolute Gasteiger partial charge is 0.340 e. The van der Waals surface area contributed by atoms with Crippen LogP contribution in [0.4, 0.5) is 0 Å². The summed E-state index contributed by atoms with van der Waals surface area (Å²) in [4.78, 5) is 12.5. The van der Waals surface area contributed by atoms with Crippen LogP contribution in [-0.4, -0.2) is 30.8 Å². The minimum atomic E-state index is -3.50. The van der Waals surface area contributed by atoms with Crippen molar-refractivity contribution in [1.29, 1.82) is 0 Å². The normalized spacial score (nSPS) is 14.6. The van der Waals surface area contributed by atoms with E-state index in [0.717, 1.165) is 11.1 Å². The minimum absolute atomic E-state index is 0.116. The van der Waals surface area contributed by atoms with Crippen molar-refractivity contribution in [2.45, 2.75) is 65.0 Å². The Balaban J connectivity index is 3.40. The highest BCUT2D eigenvalue weighted by Crippen LogP contribution is 2.51. The van der Waals surface area contributed by atoms with E-state index in [-0.39, 0.29) is 22.4 Å². The summed E-state index contributed by atoms with van der Waals surface area (Å²) in [6.45, 7) is 13.9. The second-order valence-electron chi connectivity index (χ2n) is 8.78. The van der Waals surface area contributed by atoms with Crippen LogP contribution >= 0.6 is 7.60 Å². The van der Waals surface area contributed by atoms with Gasteiger partial charge >= 0.3 is 7.60 Å². The molecule has 0 bridgehead atoms. The molecule has 0 aliphatic heterocycles. The molecule has 0 aromatic heterocycles. The summed E-state index contributed by atoms with van der Waals surface area (Å²) in [5.74, 6) is -0.242. The van der Waals surface area contributed by atoms with Crippen LogP contribution in [0.15, 0.2) is 18.2 Å². The molecule has 152 valence electrons. The molecule has 27 heavy (non-hydrogen) atoms. The van der Waals surface area contributed by atoms with E-state index < -0.39 is 13.3 Å². The van der Waals surface area contributed by atoms with E-state index in [4.69, 9.17) is 9.05 Å². The molecule has 1 N–H and O–H groups in total. The lowest BCUT2D eigenvalue weighted by Crippen LogP contribution is -2.18. The predicted octanol–water partition coefficient (Wildman–Crippen LogP) is 5.44. The van der Waals surface area contributed by atoms with E-state index in [1.807, 2.05) is 32.9 Å². The minimum Gasteiger partial charge on any atom is -0.507 e. The van der Waals surface area contributed by atoms with E-state index in [2.05, 4.69) is 20.8 Å². The van der Waals surface area contributed by atoms with E-state index >= 15 is 0 Å². The summed E-state index contributed by atoms with van der Waals surface area (Å²) in [7, 11) is -0.985. The number of phenolic OH excluding ortho intramolecular Hbond substituents is 1. The SMILES string of the molecule is COP(=O)(OC)C(C)C(=O)/C=C/c1cc(C(C)(C)C)cc(C(C)(C)C)c1O. The number of carbonyl (C=O) groups excluding carboxylic acids is 1. The van der Waals surface area contributed by atoms with E-state index in [9.17, 15) is 14.5 Å². The van der Waals surface area contributed by atoms with Crippen molar-refractivity contribution in [2.24, 2.45) is 0 Å². The van der Waals surface area contributed by atoms with Gasteiger partial charge in [-0.05, 0) is 41.5 Å². The molecule has 0 spiro atoms. The van der Waals surface area contributed by atoms with Crippen LogP contribution in [0.5, 0.6) is 5.75 Å². The molecule has 0 amide bonds. The van der Waals surface area contributed by atoms with Gasteiger partial charge in [-0.25, -0.2) is 0 Å². The van der Waals surface area contributed by atoms with Crippen molar-refractivity contribution < 1.29 is 23.5 Å². The molecule has 0 fully saturated rings. The topological polar surface area (TPSA) is 72.8 Å². The van der Waals surface area contributed by atoms with Crippen LogP contribution in [0.25, 0.3) is 6.08 Å². The molecule has 1 aromatic carbocycles. The van der Waals surface area contributed by atoms with Gasteiger partial charge in [-0.3, -0.25) is 9.36 Å². The third-order valence-corrected chi connectivity index (χ3v) is 6.86. The number of hydrogen-bond acceptors (Lipinski definition) is 5. The largest absolute Gasteiger partial charge is 0.507 e. The molecular weight excluding hydrogens is 363 g/mol. The average molecular weight is 396 g/mol. The average Bonchev–Trinajstić information content (AvgIpc) is 2.57. The summed E-state index contributed by atoms with van der Waals surface area (Å²) in [5, 5.41) is 10.8. The number of hydrogen-bond donors (Lipinski definition) is 1. The maximum absolute atomic E-state index is 12.5. The molecule has 6 heteroatoms. The van der Waals surface area contributed by atoms with Crippen LogP contribution in [-0.2, 0) is 29.2 Å². The number of ketones is 1. The van der Waals surface area contributed by atoms with Crippen molar-refractivity contribution in [3.05, 3.63) is 34.9 Å². The number of allylic oxidation sites excluding steroid dienone is 1. The molecule has 1 aromatic rings. The number of phenols is 1. The van der Waals surface area contributed by atoms with Crippen molar-refractivity contribution in [3.8, 4) is 5.75 Å². The van der Waals surface area contributed by atoms with E-state index in [0.29, 0.717) is 5.56 Å². The lowest BCUT2D eigenvalue weighted by atomic mass is 9.79. The number of aromatic hydroxyl groups is 1. The van der Waals surface area contributed by atoms with Crippen molar-refractivity contribution in [3.63, 3.8) is 0 Å². The molecule has 0 radical (unpaired) electrons. The van der Waals surface area contributed by atoms with Gasteiger partial charge in [-0.1, -0.05) is 47.6 Å². The highest BCUT2D eigenvalue weighted by molar-refractivity contribution is 7.55. The Kier molecular flexibility index (Phi) is 7.26. The summed E-state index contributed by atoms with van der Waals surface area (Å²) in [5.41, 5.74) is 1.12. The van der Waals surface area contributed by atoms with Crippen molar-refractivity contribution >= 4 is 19.5 Å². The Morgan fingerprint density at radius 3 is 2.00 bits per heavy atom. The van der Waals surface area contributed by atoms with Crippen LogP contribution in [0.1, 0.15) is 65.2 Å². The zero-order chi connectivity index (χ0) is 21.2. The van der Waals surface area contributed by atoms with Gasteiger partial charge in [-0.2, -0.15) is 0 Å².